The van der Waals surface area contributed by atoms with Crippen LogP contribution < -0.4 is 0 Å². The third-order valence-corrected chi connectivity index (χ3v) is 9.73. The van der Waals surface area contributed by atoms with Crippen molar-refractivity contribution in [3.8, 4) is 0 Å². The van der Waals surface area contributed by atoms with E-state index < -0.39 is 64.3 Å². The van der Waals surface area contributed by atoms with Crippen LogP contribution in [0.1, 0.15) is 73.6 Å². The molecular weight excluding hydrogens is 480 g/mol. The molecule has 1 spiro atoms. The third-order valence-electron chi connectivity index (χ3n) is 9.73. The van der Waals surface area contributed by atoms with Crippen LogP contribution in [0.5, 0.6) is 0 Å². The van der Waals surface area contributed by atoms with Gasteiger partial charge in [0, 0.05) is 33.1 Å². The number of hydrogen-bond acceptors (Lipinski definition) is 9. The van der Waals surface area contributed by atoms with Crippen molar-refractivity contribution >= 4 is 29.7 Å². The van der Waals surface area contributed by atoms with Gasteiger partial charge in [0.15, 0.2) is 5.78 Å². The van der Waals surface area contributed by atoms with Gasteiger partial charge in [0.25, 0.3) is 0 Å². The van der Waals surface area contributed by atoms with Crippen molar-refractivity contribution in [2.75, 3.05) is 6.61 Å². The van der Waals surface area contributed by atoms with Crippen molar-refractivity contribution in [2.24, 2.45) is 34.0 Å². The number of carbonyl (C=O) groups excluding carboxylic acids is 5. The first-order valence-corrected chi connectivity index (χ1v) is 13.1. The highest BCUT2D eigenvalue weighted by atomic mass is 16.6. The molecule has 0 saturated heterocycles. The van der Waals surface area contributed by atoms with Gasteiger partial charge in [-0.3, -0.25) is 24.0 Å². The smallest absolute Gasteiger partial charge is 0.302 e. The van der Waals surface area contributed by atoms with Crippen molar-refractivity contribution in [3.63, 3.8) is 0 Å². The van der Waals surface area contributed by atoms with Crippen LogP contribution in [0.2, 0.25) is 0 Å². The van der Waals surface area contributed by atoms with Crippen molar-refractivity contribution in [1.29, 1.82) is 0 Å². The molecule has 0 N–H and O–H groups in total. The zero-order chi connectivity index (χ0) is 27.5. The second-order valence-corrected chi connectivity index (χ2v) is 12.0. The Kier molecular flexibility index (Phi) is 6.82. The molecule has 9 nitrogen and oxygen atoms in total. The Labute approximate surface area is 217 Å². The Morgan fingerprint density at radius 1 is 0.865 bits per heavy atom. The predicted molar refractivity (Wildman–Crippen MR) is 130 cm³/mol. The Hall–Kier alpha value is -2.71. The summed E-state index contributed by atoms with van der Waals surface area (Å²) in [5, 5.41) is 0. The molecule has 0 amide bonds. The van der Waals surface area contributed by atoms with Crippen LogP contribution in [0.15, 0.2) is 12.2 Å². The standard InChI is InChI=1S/C28H38O9/c1-14-23-19(35-16(3)30)11-21-27(7)10-8-9-26(6,13-34-15(2)29)20(27)12-22(36-17(4)31)28(21,24(14)33)25(23)37-18(5)32/h19-23,25H,1,8-13H2,2-7H3/t19-,20+,21+,22-,23-,25-,26+,27+,28+/m0/s1. The summed E-state index contributed by atoms with van der Waals surface area (Å²) >= 11 is 0. The predicted octanol–water partition coefficient (Wildman–Crippen LogP) is 3.32. The van der Waals surface area contributed by atoms with E-state index >= 15 is 0 Å². The van der Waals surface area contributed by atoms with Crippen molar-refractivity contribution < 1.29 is 42.9 Å². The molecule has 4 rings (SSSR count). The Balaban J connectivity index is 1.93. The molecule has 0 aromatic rings. The highest BCUT2D eigenvalue weighted by Gasteiger charge is 2.78. The van der Waals surface area contributed by atoms with E-state index in [1.54, 1.807) is 0 Å². The van der Waals surface area contributed by atoms with Crippen LogP contribution in [-0.2, 0) is 42.9 Å². The maximum Gasteiger partial charge on any atom is 0.302 e. The average Bonchev–Trinajstić information content (AvgIpc) is 2.91. The average molecular weight is 519 g/mol. The first-order valence-electron chi connectivity index (χ1n) is 13.1. The van der Waals surface area contributed by atoms with Gasteiger partial charge in [-0.1, -0.05) is 26.8 Å². The topological polar surface area (TPSA) is 122 Å². The van der Waals surface area contributed by atoms with E-state index in [2.05, 4.69) is 20.4 Å². The summed E-state index contributed by atoms with van der Waals surface area (Å²) in [5.74, 6) is -3.50. The fraction of sp³-hybridized carbons (Fsp3) is 0.750. The van der Waals surface area contributed by atoms with Gasteiger partial charge < -0.3 is 18.9 Å². The minimum atomic E-state index is -1.33. The molecule has 9 atom stereocenters. The summed E-state index contributed by atoms with van der Waals surface area (Å²) in [7, 11) is 0. The molecule has 2 bridgehead atoms. The number of hydrogen-bond donors (Lipinski definition) is 0. The lowest BCUT2D eigenvalue weighted by Gasteiger charge is -2.66. The van der Waals surface area contributed by atoms with Gasteiger partial charge in [-0.2, -0.15) is 0 Å². The van der Waals surface area contributed by atoms with Crippen LogP contribution in [0.4, 0.5) is 0 Å². The van der Waals surface area contributed by atoms with Crippen molar-refractivity contribution in [1.82, 2.24) is 0 Å². The maximum atomic E-state index is 14.3. The fourth-order valence-electron chi connectivity index (χ4n) is 8.62. The molecule has 4 aliphatic carbocycles. The zero-order valence-electron chi connectivity index (χ0n) is 22.6. The molecule has 0 aliphatic heterocycles. The molecule has 0 heterocycles. The molecule has 0 aromatic heterocycles. The third kappa shape index (κ3) is 4.09. The van der Waals surface area contributed by atoms with Crippen LogP contribution in [0.3, 0.4) is 0 Å². The molecule has 37 heavy (non-hydrogen) atoms. The number of ketones is 1. The van der Waals surface area contributed by atoms with E-state index in [0.717, 1.165) is 19.3 Å². The molecule has 204 valence electrons. The Morgan fingerprint density at radius 3 is 2.05 bits per heavy atom. The minimum absolute atomic E-state index is 0.0813. The van der Waals surface area contributed by atoms with Crippen LogP contribution in [0, 0.1) is 34.0 Å². The van der Waals surface area contributed by atoms with Gasteiger partial charge in [-0.05, 0) is 48.5 Å². The minimum Gasteiger partial charge on any atom is -0.465 e. The largest absolute Gasteiger partial charge is 0.465 e. The van der Waals surface area contributed by atoms with Gasteiger partial charge in [0.1, 0.15) is 23.7 Å². The fourth-order valence-corrected chi connectivity index (χ4v) is 8.62. The molecule has 4 saturated carbocycles. The van der Waals surface area contributed by atoms with Crippen LogP contribution >= 0.6 is 0 Å². The maximum absolute atomic E-state index is 14.3. The Bertz CT molecular complexity index is 1050. The lowest BCUT2D eigenvalue weighted by molar-refractivity contribution is -0.254. The quantitative estimate of drug-likeness (QED) is 0.306. The van der Waals surface area contributed by atoms with E-state index in [1.165, 1.54) is 27.7 Å². The van der Waals surface area contributed by atoms with E-state index in [4.69, 9.17) is 18.9 Å². The molecule has 0 aromatic carbocycles. The Morgan fingerprint density at radius 2 is 1.49 bits per heavy atom. The van der Waals surface area contributed by atoms with E-state index in [1.807, 2.05) is 0 Å². The lowest BCUT2D eigenvalue weighted by atomic mass is 9.39. The van der Waals surface area contributed by atoms with Gasteiger partial charge in [0.2, 0.25) is 0 Å². The first kappa shape index (κ1) is 27.3. The molecule has 0 radical (unpaired) electrons. The molecule has 4 aliphatic rings. The highest BCUT2D eigenvalue weighted by molar-refractivity contribution is 6.05. The van der Waals surface area contributed by atoms with Gasteiger partial charge >= 0.3 is 23.9 Å². The summed E-state index contributed by atoms with van der Waals surface area (Å²) in [6, 6.07) is 0. The molecule has 4 fully saturated rings. The summed E-state index contributed by atoms with van der Waals surface area (Å²) in [4.78, 5) is 62.9. The SMILES string of the molecule is C=C1C(=O)[C@]23[C@@H](OC(C)=O)C[C@@H]4[C@@](C)(COC(C)=O)CCC[C@@]4(C)[C@H]2C[C@H](OC(C)=O)[C@H]1[C@@H]3OC(C)=O. The first-order chi connectivity index (χ1) is 17.2. The van der Waals surface area contributed by atoms with E-state index in [0.29, 0.717) is 12.8 Å². The number of Topliss-reactive ketones (excluding diaryl/α,β-unsaturated/α-hetero) is 1. The van der Waals surface area contributed by atoms with Crippen LogP contribution in [0.25, 0.3) is 0 Å². The second kappa shape index (κ2) is 9.24. The normalized spacial score (nSPS) is 42.2. The number of esters is 4. The second-order valence-electron chi connectivity index (χ2n) is 12.0. The number of rotatable bonds is 5. The number of carbonyl (C=O) groups is 5. The van der Waals surface area contributed by atoms with Crippen LogP contribution in [-0.4, -0.2) is 54.6 Å². The molecule has 9 heteroatoms. The van der Waals surface area contributed by atoms with Gasteiger partial charge in [-0.25, -0.2) is 0 Å². The van der Waals surface area contributed by atoms with Gasteiger partial charge in [-0.15, -0.1) is 0 Å². The van der Waals surface area contributed by atoms with Crippen molar-refractivity contribution in [2.45, 2.75) is 92.0 Å². The van der Waals surface area contributed by atoms with E-state index in [9.17, 15) is 24.0 Å². The monoisotopic (exact) mass is 518 g/mol. The molecular formula is C28H38O9. The number of ether oxygens (including phenoxy) is 4. The summed E-state index contributed by atoms with van der Waals surface area (Å²) < 4.78 is 23.1. The number of fused-ring (bicyclic) bond motifs is 3. The van der Waals surface area contributed by atoms with E-state index in [-0.39, 0.29) is 29.9 Å². The highest BCUT2D eigenvalue weighted by Crippen LogP contribution is 2.72. The molecule has 0 unspecified atom stereocenters. The van der Waals surface area contributed by atoms with Crippen molar-refractivity contribution in [3.05, 3.63) is 12.2 Å². The van der Waals surface area contributed by atoms with Gasteiger partial charge in [0.05, 0.1) is 12.5 Å². The lowest BCUT2D eigenvalue weighted by Crippen LogP contribution is -2.70. The summed E-state index contributed by atoms with van der Waals surface area (Å²) in [6.45, 7) is 13.7. The summed E-state index contributed by atoms with van der Waals surface area (Å²) in [5.41, 5.74) is -2.01. The summed E-state index contributed by atoms with van der Waals surface area (Å²) in [6.07, 6.45) is 0.552. The zero-order valence-corrected chi connectivity index (χ0v) is 22.6.